The molecule has 2 aromatic heterocycles. The summed E-state index contributed by atoms with van der Waals surface area (Å²) in [6, 6.07) is 16.3. The number of rotatable bonds is 7. The number of hydrogen-bond donors (Lipinski definition) is 3. The zero-order valence-electron chi connectivity index (χ0n) is 21.3. The molecule has 9 nitrogen and oxygen atoms in total. The van der Waals surface area contributed by atoms with Crippen molar-refractivity contribution < 1.29 is 18.8 Å². The zero-order valence-corrected chi connectivity index (χ0v) is 21.3. The van der Waals surface area contributed by atoms with E-state index in [0.717, 1.165) is 17.3 Å². The van der Waals surface area contributed by atoms with Gasteiger partial charge in [0.05, 0.1) is 13.1 Å². The van der Waals surface area contributed by atoms with Gasteiger partial charge in [0.2, 0.25) is 5.91 Å². The number of carbonyl (C=O) groups is 3. The first-order valence-corrected chi connectivity index (χ1v) is 12.4. The average molecular weight is 527 g/mol. The zero-order chi connectivity index (χ0) is 27.5. The van der Waals surface area contributed by atoms with Gasteiger partial charge in [-0.2, -0.15) is 5.10 Å². The monoisotopic (exact) mass is 526 g/mol. The van der Waals surface area contributed by atoms with Crippen LogP contribution in [0.25, 0.3) is 0 Å². The van der Waals surface area contributed by atoms with Crippen molar-refractivity contribution in [3.8, 4) is 0 Å². The molecule has 0 saturated heterocycles. The molecule has 0 aliphatic carbocycles. The molecular weight excluding hydrogens is 499 g/mol. The predicted molar refractivity (Wildman–Crippen MR) is 145 cm³/mol. The fourth-order valence-electron chi connectivity index (χ4n) is 4.80. The smallest absolute Gasteiger partial charge is 0.276 e. The van der Waals surface area contributed by atoms with Gasteiger partial charge in [0.1, 0.15) is 11.5 Å². The van der Waals surface area contributed by atoms with Crippen molar-refractivity contribution in [1.82, 2.24) is 19.7 Å². The Morgan fingerprint density at radius 2 is 1.85 bits per heavy atom. The number of carbonyl (C=O) groups excluding carboxylic acids is 3. The van der Waals surface area contributed by atoms with Crippen molar-refractivity contribution in [2.24, 2.45) is 0 Å². The van der Waals surface area contributed by atoms with Crippen LogP contribution in [0, 0.1) is 5.82 Å². The van der Waals surface area contributed by atoms with Gasteiger partial charge >= 0.3 is 0 Å². The van der Waals surface area contributed by atoms with E-state index in [1.807, 2.05) is 6.92 Å². The van der Waals surface area contributed by atoms with Crippen molar-refractivity contribution in [2.75, 3.05) is 17.2 Å². The summed E-state index contributed by atoms with van der Waals surface area (Å²) >= 11 is 0. The maximum absolute atomic E-state index is 13.5. The number of amides is 3. The minimum absolute atomic E-state index is 0.111. The molecule has 1 unspecified atom stereocenters. The second-order valence-corrected chi connectivity index (χ2v) is 9.40. The average Bonchev–Trinajstić information content (AvgIpc) is 3.59. The first-order chi connectivity index (χ1) is 18.8. The third-order valence-electron chi connectivity index (χ3n) is 6.55. The molecule has 198 valence electrons. The number of aromatic nitrogens is 3. The second-order valence-electron chi connectivity index (χ2n) is 9.40. The number of H-pyrrole nitrogens is 1. The van der Waals surface area contributed by atoms with Crippen molar-refractivity contribution in [3.05, 3.63) is 114 Å². The van der Waals surface area contributed by atoms with E-state index in [0.29, 0.717) is 35.7 Å². The van der Waals surface area contributed by atoms with Gasteiger partial charge in [-0.05, 0) is 54.1 Å². The molecule has 3 N–H and O–H groups in total. The van der Waals surface area contributed by atoms with E-state index < -0.39 is 5.91 Å². The summed E-state index contributed by atoms with van der Waals surface area (Å²) in [5.41, 5.74) is 3.97. The van der Waals surface area contributed by atoms with Gasteiger partial charge in [-0.1, -0.05) is 31.7 Å². The highest BCUT2D eigenvalue weighted by atomic mass is 19.1. The summed E-state index contributed by atoms with van der Waals surface area (Å²) in [5.74, 6) is -1.43. The fraction of sp³-hybridized carbons (Fsp3) is 0.172. The van der Waals surface area contributed by atoms with Crippen molar-refractivity contribution >= 4 is 29.1 Å². The van der Waals surface area contributed by atoms with Gasteiger partial charge in [-0.3, -0.25) is 19.1 Å². The number of benzene rings is 2. The maximum atomic E-state index is 13.5. The minimum atomic E-state index is -0.447. The quantitative estimate of drug-likeness (QED) is 0.307. The van der Waals surface area contributed by atoms with Gasteiger partial charge in [0.25, 0.3) is 11.8 Å². The highest BCUT2D eigenvalue weighted by Crippen LogP contribution is 2.32. The Morgan fingerprint density at radius 3 is 2.54 bits per heavy atom. The van der Waals surface area contributed by atoms with Gasteiger partial charge in [-0.25, -0.2) is 4.39 Å². The van der Waals surface area contributed by atoms with Gasteiger partial charge in [0.15, 0.2) is 5.69 Å². The van der Waals surface area contributed by atoms with Crippen LogP contribution >= 0.6 is 0 Å². The molecule has 1 atom stereocenters. The van der Waals surface area contributed by atoms with Gasteiger partial charge < -0.3 is 20.5 Å². The van der Waals surface area contributed by atoms with Crippen LogP contribution in [0.3, 0.4) is 0 Å². The molecule has 0 spiro atoms. The lowest BCUT2D eigenvalue weighted by Gasteiger charge is -2.32. The molecule has 2 aromatic carbocycles. The van der Waals surface area contributed by atoms with Crippen LogP contribution in [0.2, 0.25) is 0 Å². The number of hydrogen-bond acceptors (Lipinski definition) is 4. The summed E-state index contributed by atoms with van der Waals surface area (Å²) in [6.07, 6.45) is 2.85. The van der Waals surface area contributed by atoms with E-state index in [4.69, 9.17) is 0 Å². The SMILES string of the molecule is C=CC(=O)Nc1cccc(NC(=O)c2nn(Cc3ccc(F)cc3)c3c2CN(C(=O)c2ccc[nH]2)CC3C)c1. The largest absolute Gasteiger partial charge is 0.357 e. The Kier molecular flexibility index (Phi) is 7.09. The predicted octanol–water partition coefficient (Wildman–Crippen LogP) is 4.53. The van der Waals surface area contributed by atoms with E-state index in [1.54, 1.807) is 64.3 Å². The third-order valence-corrected chi connectivity index (χ3v) is 6.55. The van der Waals surface area contributed by atoms with Crippen molar-refractivity contribution in [3.63, 3.8) is 0 Å². The molecule has 0 fully saturated rings. The molecule has 0 radical (unpaired) electrons. The Labute approximate surface area is 224 Å². The van der Waals surface area contributed by atoms with Crippen LogP contribution in [-0.4, -0.2) is 43.9 Å². The van der Waals surface area contributed by atoms with Gasteiger partial charge in [0, 0.05) is 41.3 Å². The van der Waals surface area contributed by atoms with Crippen LogP contribution in [-0.2, 0) is 17.9 Å². The highest BCUT2D eigenvalue weighted by Gasteiger charge is 2.34. The molecule has 1 aliphatic heterocycles. The summed E-state index contributed by atoms with van der Waals surface area (Å²) in [7, 11) is 0. The molecule has 39 heavy (non-hydrogen) atoms. The maximum Gasteiger partial charge on any atom is 0.276 e. The summed E-state index contributed by atoms with van der Waals surface area (Å²) in [4.78, 5) is 43.0. The first-order valence-electron chi connectivity index (χ1n) is 12.4. The van der Waals surface area contributed by atoms with Crippen molar-refractivity contribution in [1.29, 1.82) is 0 Å². The van der Waals surface area contributed by atoms with E-state index in [9.17, 15) is 18.8 Å². The molecule has 5 rings (SSSR count). The molecule has 3 amide bonds. The molecule has 1 aliphatic rings. The lowest BCUT2D eigenvalue weighted by atomic mass is 9.95. The molecule has 10 heteroatoms. The topological polar surface area (TPSA) is 112 Å². The molecule has 0 saturated carbocycles. The summed E-state index contributed by atoms with van der Waals surface area (Å²) in [6.45, 7) is 6.43. The number of nitrogens with one attached hydrogen (secondary N) is 3. The molecular formula is C29H27FN6O3. The van der Waals surface area contributed by atoms with E-state index in [-0.39, 0.29) is 35.8 Å². The number of fused-ring (bicyclic) bond motifs is 1. The van der Waals surface area contributed by atoms with E-state index in [1.165, 1.54) is 12.1 Å². The van der Waals surface area contributed by atoms with Gasteiger partial charge in [-0.15, -0.1) is 0 Å². The minimum Gasteiger partial charge on any atom is -0.357 e. The summed E-state index contributed by atoms with van der Waals surface area (Å²) < 4.78 is 15.3. The summed E-state index contributed by atoms with van der Waals surface area (Å²) in [5, 5.41) is 10.2. The Balaban J connectivity index is 1.48. The number of anilines is 2. The van der Waals surface area contributed by atoms with E-state index >= 15 is 0 Å². The highest BCUT2D eigenvalue weighted by molar-refractivity contribution is 6.05. The van der Waals surface area contributed by atoms with Crippen LogP contribution in [0.15, 0.2) is 79.5 Å². The first kappa shape index (κ1) is 25.7. The number of aromatic amines is 1. The third kappa shape index (κ3) is 5.49. The molecule has 4 aromatic rings. The van der Waals surface area contributed by atoms with E-state index in [2.05, 4.69) is 27.3 Å². The fourth-order valence-corrected chi connectivity index (χ4v) is 4.80. The van der Waals surface area contributed by atoms with Crippen LogP contribution < -0.4 is 10.6 Å². The Morgan fingerprint density at radius 1 is 1.10 bits per heavy atom. The lowest BCUT2D eigenvalue weighted by Crippen LogP contribution is -2.38. The Bertz CT molecular complexity index is 1540. The standard InChI is InChI=1S/C29H27FN6O3/c1-3-25(37)32-21-6-4-7-22(14-21)33-28(38)26-23-17-35(29(39)24-8-5-13-31-24)15-18(2)27(23)36(34-26)16-19-9-11-20(30)12-10-19/h3-14,18,31H,1,15-17H2,2H3,(H,32,37)(H,33,38). The van der Waals surface area contributed by atoms with Crippen LogP contribution in [0.5, 0.6) is 0 Å². The normalized spacial score (nSPS) is 14.4. The number of nitrogens with zero attached hydrogens (tertiary/aromatic N) is 3. The number of halogens is 1. The van der Waals surface area contributed by atoms with Crippen LogP contribution in [0.1, 0.15) is 50.6 Å². The lowest BCUT2D eigenvalue weighted by molar-refractivity contribution is -0.111. The second kappa shape index (κ2) is 10.8. The van der Waals surface area contributed by atoms with Crippen molar-refractivity contribution in [2.45, 2.75) is 25.9 Å². The van der Waals surface area contributed by atoms with Crippen LogP contribution in [0.4, 0.5) is 15.8 Å². The molecule has 0 bridgehead atoms. The Hall–Kier alpha value is -4.99. The molecule has 3 heterocycles.